The first-order valence-corrected chi connectivity index (χ1v) is 12.0. The third-order valence-corrected chi connectivity index (χ3v) is 7.16. The van der Waals surface area contributed by atoms with Crippen molar-refractivity contribution >= 4 is 22.6 Å². The summed E-state index contributed by atoms with van der Waals surface area (Å²) < 4.78 is 30.0. The zero-order valence-corrected chi connectivity index (χ0v) is 19.8. The number of fused-ring (bicyclic) bond motifs is 1. The van der Waals surface area contributed by atoms with Gasteiger partial charge in [0.1, 0.15) is 16.9 Å². The van der Waals surface area contributed by atoms with E-state index in [-0.39, 0.29) is 29.2 Å². The Morgan fingerprint density at radius 3 is 2.51 bits per heavy atom. The lowest BCUT2D eigenvalue weighted by molar-refractivity contribution is 0.0910. The smallest absolute Gasteiger partial charge is 0.270 e. The summed E-state index contributed by atoms with van der Waals surface area (Å²) in [5.74, 6) is -1.49. The van der Waals surface area contributed by atoms with Crippen molar-refractivity contribution in [2.75, 3.05) is 31.1 Å². The molecule has 35 heavy (non-hydrogen) atoms. The topological polar surface area (TPSA) is 94.2 Å². The molecule has 1 saturated heterocycles. The number of aromatic amines is 1. The van der Waals surface area contributed by atoms with Crippen molar-refractivity contribution in [3.8, 4) is 0 Å². The maximum atomic E-state index is 15.3. The number of hydrogen-bond acceptors (Lipinski definition) is 6. The molecule has 0 spiro atoms. The number of halogens is 2. The summed E-state index contributed by atoms with van der Waals surface area (Å²) in [5, 5.41) is 2.87. The van der Waals surface area contributed by atoms with Crippen LogP contribution in [-0.4, -0.2) is 58.0 Å². The van der Waals surface area contributed by atoms with Gasteiger partial charge in [0.15, 0.2) is 5.82 Å². The Balaban J connectivity index is 1.26. The highest BCUT2D eigenvalue weighted by Crippen LogP contribution is 2.29. The Kier molecular flexibility index (Phi) is 6.22. The van der Waals surface area contributed by atoms with Crippen molar-refractivity contribution in [2.24, 2.45) is 0 Å². The van der Waals surface area contributed by atoms with Crippen LogP contribution in [0, 0.1) is 18.7 Å². The molecule has 2 aliphatic rings. The van der Waals surface area contributed by atoms with E-state index in [0.717, 1.165) is 19.3 Å². The zero-order chi connectivity index (χ0) is 24.7. The van der Waals surface area contributed by atoms with Crippen molar-refractivity contribution in [3.63, 3.8) is 0 Å². The van der Waals surface area contributed by atoms with Crippen LogP contribution in [0.3, 0.4) is 0 Å². The first kappa shape index (κ1) is 23.3. The molecule has 2 fully saturated rings. The van der Waals surface area contributed by atoms with Crippen LogP contribution in [-0.2, 0) is 0 Å². The van der Waals surface area contributed by atoms with Crippen LogP contribution in [0.15, 0.2) is 29.1 Å². The molecule has 1 amide bonds. The SMILES string of the molecule is Cc1nc2ccc(C(C)N3CCN(c4ccc(C(=O)NC5CCC5)nc4F)CC3)c(F)c2[nH]c1=O. The Morgan fingerprint density at radius 2 is 1.86 bits per heavy atom. The lowest BCUT2D eigenvalue weighted by Gasteiger charge is -2.39. The third-order valence-electron chi connectivity index (χ3n) is 7.16. The molecule has 10 heteroatoms. The largest absolute Gasteiger partial charge is 0.365 e. The van der Waals surface area contributed by atoms with Gasteiger partial charge in [-0.3, -0.25) is 14.5 Å². The number of nitrogens with one attached hydrogen (secondary N) is 2. The van der Waals surface area contributed by atoms with Crippen LogP contribution < -0.4 is 15.8 Å². The molecule has 8 nitrogen and oxygen atoms in total. The molecule has 1 aliphatic carbocycles. The van der Waals surface area contributed by atoms with Gasteiger partial charge in [0.05, 0.1) is 11.2 Å². The van der Waals surface area contributed by atoms with Crippen LogP contribution in [0.4, 0.5) is 14.5 Å². The van der Waals surface area contributed by atoms with Gasteiger partial charge in [0.2, 0.25) is 5.95 Å². The number of H-pyrrole nitrogens is 1. The van der Waals surface area contributed by atoms with Gasteiger partial charge in [-0.2, -0.15) is 4.39 Å². The Hall–Kier alpha value is -3.40. The number of anilines is 1. The molecule has 3 aromatic rings. The number of benzene rings is 1. The second-order valence-electron chi connectivity index (χ2n) is 9.32. The molecule has 1 unspecified atom stereocenters. The number of rotatable bonds is 5. The molecule has 0 radical (unpaired) electrons. The number of aryl methyl sites for hydroxylation is 1. The van der Waals surface area contributed by atoms with Crippen molar-refractivity contribution < 1.29 is 13.6 Å². The predicted octanol–water partition coefficient (Wildman–Crippen LogP) is 3.07. The Bertz CT molecular complexity index is 1330. The van der Waals surface area contributed by atoms with E-state index >= 15 is 4.39 Å². The van der Waals surface area contributed by atoms with Gasteiger partial charge >= 0.3 is 0 Å². The van der Waals surface area contributed by atoms with Gasteiger partial charge in [0.25, 0.3) is 11.5 Å². The van der Waals surface area contributed by atoms with Crippen molar-refractivity contribution in [3.05, 3.63) is 63.3 Å². The zero-order valence-electron chi connectivity index (χ0n) is 19.8. The van der Waals surface area contributed by atoms with Crippen LogP contribution in [0.1, 0.15) is 54.0 Å². The number of nitrogens with zero attached hydrogens (tertiary/aromatic N) is 4. The standard InChI is InChI=1S/C25H28F2N6O2/c1-14-24(34)31-22-18(28-14)7-6-17(21(22)26)15(2)32-10-12-33(13-11-32)20-9-8-19(30-23(20)27)25(35)29-16-4-3-5-16/h6-9,15-16H,3-5,10-13H2,1-2H3,(H,29,35)(H,31,34). The fourth-order valence-corrected chi connectivity index (χ4v) is 4.70. The minimum absolute atomic E-state index is 0.0833. The average molecular weight is 483 g/mol. The lowest BCUT2D eigenvalue weighted by Crippen LogP contribution is -2.47. The van der Waals surface area contributed by atoms with E-state index in [0.29, 0.717) is 48.6 Å². The van der Waals surface area contributed by atoms with Crippen LogP contribution in [0.2, 0.25) is 0 Å². The average Bonchev–Trinajstić information content (AvgIpc) is 2.82. The van der Waals surface area contributed by atoms with Crippen molar-refractivity contribution in [1.29, 1.82) is 0 Å². The molecule has 1 saturated carbocycles. The summed E-state index contributed by atoms with van der Waals surface area (Å²) in [6.07, 6.45) is 3.00. The van der Waals surface area contributed by atoms with E-state index in [2.05, 4.69) is 25.2 Å². The van der Waals surface area contributed by atoms with Gasteiger partial charge in [0, 0.05) is 43.8 Å². The minimum Gasteiger partial charge on any atom is -0.365 e. The molecule has 5 rings (SSSR count). The van der Waals surface area contributed by atoms with Gasteiger partial charge < -0.3 is 15.2 Å². The molecular formula is C25H28F2N6O2. The Morgan fingerprint density at radius 1 is 1.11 bits per heavy atom. The molecular weight excluding hydrogens is 454 g/mol. The molecule has 0 bridgehead atoms. The van der Waals surface area contributed by atoms with Gasteiger partial charge in [-0.05, 0) is 51.3 Å². The third kappa shape index (κ3) is 4.50. The number of aromatic nitrogens is 3. The molecule has 1 aliphatic heterocycles. The monoisotopic (exact) mass is 482 g/mol. The molecule has 1 aromatic carbocycles. The summed E-state index contributed by atoms with van der Waals surface area (Å²) in [6.45, 7) is 5.74. The van der Waals surface area contributed by atoms with E-state index in [9.17, 15) is 14.0 Å². The summed E-state index contributed by atoms with van der Waals surface area (Å²) >= 11 is 0. The maximum Gasteiger partial charge on any atom is 0.270 e. The normalized spacial score (nSPS) is 17.9. The van der Waals surface area contributed by atoms with E-state index in [4.69, 9.17) is 0 Å². The van der Waals surface area contributed by atoms with Crippen molar-refractivity contribution in [2.45, 2.75) is 45.2 Å². The first-order valence-electron chi connectivity index (χ1n) is 12.0. The first-order chi connectivity index (χ1) is 16.8. The van der Waals surface area contributed by atoms with Gasteiger partial charge in [-0.1, -0.05) is 6.07 Å². The van der Waals surface area contributed by atoms with E-state index in [1.807, 2.05) is 11.8 Å². The number of hydrogen-bond donors (Lipinski definition) is 2. The highest BCUT2D eigenvalue weighted by molar-refractivity contribution is 5.92. The highest BCUT2D eigenvalue weighted by atomic mass is 19.1. The Labute approximate surface area is 201 Å². The maximum absolute atomic E-state index is 15.3. The van der Waals surface area contributed by atoms with Gasteiger partial charge in [-0.15, -0.1) is 0 Å². The fourth-order valence-electron chi connectivity index (χ4n) is 4.70. The molecule has 2 N–H and O–H groups in total. The second-order valence-corrected chi connectivity index (χ2v) is 9.32. The van der Waals surface area contributed by atoms with Crippen LogP contribution >= 0.6 is 0 Å². The summed E-state index contributed by atoms with van der Waals surface area (Å²) in [4.78, 5) is 38.9. The fraction of sp³-hybridized carbons (Fsp3) is 0.440. The number of carbonyl (C=O) groups is 1. The van der Waals surface area contributed by atoms with E-state index in [1.165, 1.54) is 0 Å². The van der Waals surface area contributed by atoms with E-state index in [1.54, 1.807) is 31.2 Å². The summed E-state index contributed by atoms with van der Waals surface area (Å²) in [5.41, 5.74) is 1.32. The molecule has 184 valence electrons. The number of pyridine rings is 1. The minimum atomic E-state index is -0.667. The second kappa shape index (κ2) is 9.33. The molecule has 1 atom stereocenters. The van der Waals surface area contributed by atoms with E-state index < -0.39 is 17.3 Å². The summed E-state index contributed by atoms with van der Waals surface area (Å²) in [7, 11) is 0. The lowest BCUT2D eigenvalue weighted by atomic mass is 9.93. The number of carbonyl (C=O) groups excluding carboxylic acids is 1. The van der Waals surface area contributed by atoms with Crippen LogP contribution in [0.25, 0.3) is 11.0 Å². The molecule has 3 heterocycles. The summed E-state index contributed by atoms with van der Waals surface area (Å²) in [6, 6.07) is 6.50. The highest BCUT2D eigenvalue weighted by Gasteiger charge is 2.27. The van der Waals surface area contributed by atoms with Crippen LogP contribution in [0.5, 0.6) is 0 Å². The number of piperazine rings is 1. The quantitative estimate of drug-likeness (QED) is 0.543. The number of amides is 1. The molecule has 2 aromatic heterocycles. The predicted molar refractivity (Wildman–Crippen MR) is 129 cm³/mol. The van der Waals surface area contributed by atoms with Crippen molar-refractivity contribution in [1.82, 2.24) is 25.2 Å². The van der Waals surface area contributed by atoms with Gasteiger partial charge in [-0.25, -0.2) is 14.4 Å².